The zero-order valence-electron chi connectivity index (χ0n) is 8.84. The second-order valence-corrected chi connectivity index (χ2v) is 3.57. The Bertz CT molecular complexity index is 596. The number of carboxylic acids is 1. The third kappa shape index (κ3) is 2.49. The molecule has 5 heteroatoms. The summed E-state index contributed by atoms with van der Waals surface area (Å²) >= 11 is 0. The van der Waals surface area contributed by atoms with Crippen LogP contribution in [0, 0.1) is 11.3 Å². The molecule has 0 amide bonds. The molecule has 0 spiro atoms. The highest BCUT2D eigenvalue weighted by atomic mass is 16.4. The van der Waals surface area contributed by atoms with Gasteiger partial charge in [-0.3, -0.25) is 5.10 Å². The van der Waals surface area contributed by atoms with Crippen LogP contribution < -0.4 is 0 Å². The molecule has 0 aliphatic heterocycles. The summed E-state index contributed by atoms with van der Waals surface area (Å²) in [7, 11) is 0. The van der Waals surface area contributed by atoms with Gasteiger partial charge in [0.15, 0.2) is 5.69 Å². The Labute approximate surface area is 97.3 Å². The summed E-state index contributed by atoms with van der Waals surface area (Å²) in [6.45, 7) is 0. The van der Waals surface area contributed by atoms with Gasteiger partial charge in [0.05, 0.1) is 11.6 Å². The summed E-state index contributed by atoms with van der Waals surface area (Å²) in [4.78, 5) is 10.6. The lowest BCUT2D eigenvalue weighted by molar-refractivity contribution is 0.0690. The summed E-state index contributed by atoms with van der Waals surface area (Å²) in [5, 5.41) is 23.8. The molecule has 0 aliphatic carbocycles. The van der Waals surface area contributed by atoms with E-state index in [1.165, 1.54) is 6.07 Å². The molecule has 1 heterocycles. The van der Waals surface area contributed by atoms with Crippen LogP contribution in [0.2, 0.25) is 0 Å². The highest BCUT2D eigenvalue weighted by Crippen LogP contribution is 2.10. The number of nitrogens with zero attached hydrogens (tertiary/aromatic N) is 2. The largest absolute Gasteiger partial charge is 0.476 e. The quantitative estimate of drug-likeness (QED) is 0.832. The number of rotatable bonds is 3. The normalized spacial score (nSPS) is 9.82. The van der Waals surface area contributed by atoms with Crippen LogP contribution in [0.4, 0.5) is 0 Å². The molecular formula is C12H9N3O2. The van der Waals surface area contributed by atoms with E-state index in [1.807, 2.05) is 6.07 Å². The fourth-order valence-corrected chi connectivity index (χ4v) is 1.53. The van der Waals surface area contributed by atoms with Crippen molar-refractivity contribution in [2.75, 3.05) is 0 Å². The minimum Gasteiger partial charge on any atom is -0.476 e. The van der Waals surface area contributed by atoms with Crippen molar-refractivity contribution in [1.82, 2.24) is 10.2 Å². The smallest absolute Gasteiger partial charge is 0.356 e. The van der Waals surface area contributed by atoms with Gasteiger partial charge in [-0.25, -0.2) is 4.79 Å². The van der Waals surface area contributed by atoms with E-state index in [0.29, 0.717) is 17.7 Å². The molecular weight excluding hydrogens is 218 g/mol. The number of aromatic carboxylic acids is 1. The minimum atomic E-state index is -1.06. The highest BCUT2D eigenvalue weighted by molar-refractivity contribution is 5.85. The van der Waals surface area contributed by atoms with Crippen LogP contribution >= 0.6 is 0 Å². The molecule has 17 heavy (non-hydrogen) atoms. The number of hydrogen-bond acceptors (Lipinski definition) is 3. The number of nitrogens with one attached hydrogen (secondary N) is 1. The average molecular weight is 227 g/mol. The Morgan fingerprint density at radius 1 is 1.47 bits per heavy atom. The molecule has 2 N–H and O–H groups in total. The van der Waals surface area contributed by atoms with E-state index in [1.54, 1.807) is 18.2 Å². The van der Waals surface area contributed by atoms with Gasteiger partial charge in [-0.1, -0.05) is 12.1 Å². The maximum Gasteiger partial charge on any atom is 0.356 e. The highest BCUT2D eigenvalue weighted by Gasteiger charge is 2.08. The summed E-state index contributed by atoms with van der Waals surface area (Å²) < 4.78 is 0. The Hall–Kier alpha value is -2.61. The van der Waals surface area contributed by atoms with E-state index in [-0.39, 0.29) is 5.69 Å². The number of aromatic nitrogens is 2. The van der Waals surface area contributed by atoms with Crippen LogP contribution in [0.1, 0.15) is 27.3 Å². The molecule has 2 rings (SSSR count). The summed E-state index contributed by atoms with van der Waals surface area (Å²) in [6.07, 6.45) is 0.524. The van der Waals surface area contributed by atoms with Crippen LogP contribution in [0.25, 0.3) is 0 Å². The second-order valence-electron chi connectivity index (χ2n) is 3.57. The number of carbonyl (C=O) groups is 1. The predicted octanol–water partition coefficient (Wildman–Crippen LogP) is 1.57. The van der Waals surface area contributed by atoms with Crippen molar-refractivity contribution >= 4 is 5.97 Å². The number of H-pyrrole nitrogens is 1. The van der Waals surface area contributed by atoms with Crippen LogP contribution in [0.5, 0.6) is 0 Å². The Morgan fingerprint density at radius 3 is 2.94 bits per heavy atom. The Balaban J connectivity index is 2.19. The molecule has 0 saturated carbocycles. The van der Waals surface area contributed by atoms with Crippen molar-refractivity contribution in [3.63, 3.8) is 0 Å². The van der Waals surface area contributed by atoms with Gasteiger partial charge in [0.1, 0.15) is 0 Å². The van der Waals surface area contributed by atoms with Crippen molar-refractivity contribution in [1.29, 1.82) is 5.26 Å². The van der Waals surface area contributed by atoms with E-state index in [4.69, 9.17) is 10.4 Å². The molecule has 0 unspecified atom stereocenters. The second kappa shape index (κ2) is 4.49. The van der Waals surface area contributed by atoms with Crippen molar-refractivity contribution in [3.8, 4) is 6.07 Å². The summed E-state index contributed by atoms with van der Waals surface area (Å²) in [5.41, 5.74) is 2.22. The molecule has 2 aromatic rings. The lowest BCUT2D eigenvalue weighted by atomic mass is 10.1. The maximum absolute atomic E-state index is 10.6. The molecule has 5 nitrogen and oxygen atoms in total. The van der Waals surface area contributed by atoms with Gasteiger partial charge >= 0.3 is 5.97 Å². The van der Waals surface area contributed by atoms with Crippen LogP contribution in [-0.2, 0) is 6.42 Å². The van der Waals surface area contributed by atoms with Crippen molar-refractivity contribution in [3.05, 3.63) is 52.8 Å². The zero-order chi connectivity index (χ0) is 12.3. The maximum atomic E-state index is 10.6. The molecule has 0 fully saturated rings. The minimum absolute atomic E-state index is 0.00330. The molecule has 0 atom stereocenters. The Morgan fingerprint density at radius 2 is 2.29 bits per heavy atom. The fourth-order valence-electron chi connectivity index (χ4n) is 1.53. The van der Waals surface area contributed by atoms with Crippen molar-refractivity contribution in [2.24, 2.45) is 0 Å². The standard InChI is InChI=1S/C12H9N3O2/c13-7-9-3-1-2-8(4-9)5-10-6-11(12(16)17)15-14-10/h1-4,6H,5H2,(H,14,15)(H,16,17). The topological polar surface area (TPSA) is 89.8 Å². The van der Waals surface area contributed by atoms with E-state index >= 15 is 0 Å². The van der Waals surface area contributed by atoms with Gasteiger partial charge in [-0.05, 0) is 23.8 Å². The first-order chi connectivity index (χ1) is 8.19. The lowest BCUT2D eigenvalue weighted by Gasteiger charge is -1.98. The molecule has 1 aromatic carbocycles. The van der Waals surface area contributed by atoms with Gasteiger partial charge in [0.2, 0.25) is 0 Å². The molecule has 0 bridgehead atoms. The van der Waals surface area contributed by atoms with Gasteiger partial charge in [-0.2, -0.15) is 10.4 Å². The molecule has 0 radical (unpaired) electrons. The molecule has 0 saturated heterocycles. The van der Waals surface area contributed by atoms with Gasteiger partial charge in [0.25, 0.3) is 0 Å². The zero-order valence-corrected chi connectivity index (χ0v) is 8.84. The molecule has 84 valence electrons. The average Bonchev–Trinajstić information content (AvgIpc) is 2.78. The molecule has 1 aromatic heterocycles. The van der Waals surface area contributed by atoms with Crippen molar-refractivity contribution in [2.45, 2.75) is 6.42 Å². The van der Waals surface area contributed by atoms with E-state index in [9.17, 15) is 4.79 Å². The van der Waals surface area contributed by atoms with Crippen molar-refractivity contribution < 1.29 is 9.90 Å². The number of benzene rings is 1. The van der Waals surface area contributed by atoms with Gasteiger partial charge < -0.3 is 5.11 Å². The first kappa shape index (κ1) is 10.9. The van der Waals surface area contributed by atoms with E-state index in [0.717, 1.165) is 5.56 Å². The molecule has 0 aliphatic rings. The third-order valence-corrected chi connectivity index (χ3v) is 2.30. The first-order valence-corrected chi connectivity index (χ1v) is 4.95. The van der Waals surface area contributed by atoms with Crippen LogP contribution in [0.3, 0.4) is 0 Å². The van der Waals surface area contributed by atoms with E-state index < -0.39 is 5.97 Å². The Kier molecular flexibility index (Phi) is 2.88. The number of carboxylic acid groups (broad SMARTS) is 1. The SMILES string of the molecule is N#Cc1cccc(Cc2cc(C(=O)O)n[nH]2)c1. The summed E-state index contributed by atoms with van der Waals surface area (Å²) in [5.74, 6) is -1.06. The third-order valence-electron chi connectivity index (χ3n) is 2.30. The number of hydrogen-bond donors (Lipinski definition) is 2. The van der Waals surface area contributed by atoms with Crippen LogP contribution in [0.15, 0.2) is 30.3 Å². The van der Waals surface area contributed by atoms with Crippen LogP contribution in [-0.4, -0.2) is 21.3 Å². The lowest BCUT2D eigenvalue weighted by Crippen LogP contribution is -1.95. The van der Waals surface area contributed by atoms with Gasteiger partial charge in [-0.15, -0.1) is 0 Å². The summed E-state index contributed by atoms with van der Waals surface area (Å²) in [6, 6.07) is 10.7. The number of nitriles is 1. The van der Waals surface area contributed by atoms with Gasteiger partial charge in [0, 0.05) is 12.1 Å². The predicted molar refractivity (Wildman–Crippen MR) is 59.5 cm³/mol. The van der Waals surface area contributed by atoms with E-state index in [2.05, 4.69) is 16.3 Å². The first-order valence-electron chi connectivity index (χ1n) is 4.95. The fraction of sp³-hybridized carbons (Fsp3) is 0.0833. The monoisotopic (exact) mass is 227 g/mol. The number of aromatic amines is 1.